The van der Waals surface area contributed by atoms with Gasteiger partial charge in [0.05, 0.1) is 52.7 Å². The van der Waals surface area contributed by atoms with E-state index in [-0.39, 0.29) is 25.0 Å². The van der Waals surface area contributed by atoms with Crippen molar-refractivity contribution in [2.24, 2.45) is 0 Å². The zero-order chi connectivity index (χ0) is 37.9. The lowest BCUT2D eigenvalue weighted by atomic mass is 9.73. The Balaban J connectivity index is 1.09. The second kappa shape index (κ2) is 16.0. The number of carboxylic acid groups (broad SMARTS) is 1. The van der Waals surface area contributed by atoms with Crippen LogP contribution in [0.3, 0.4) is 0 Å². The summed E-state index contributed by atoms with van der Waals surface area (Å²) in [6.45, 7) is 3.45. The van der Waals surface area contributed by atoms with Gasteiger partial charge in [-0.1, -0.05) is 35.3 Å². The van der Waals surface area contributed by atoms with Gasteiger partial charge in [-0.2, -0.15) is 0 Å². The van der Waals surface area contributed by atoms with Crippen LogP contribution in [0.1, 0.15) is 47.3 Å². The van der Waals surface area contributed by atoms with Crippen molar-refractivity contribution in [2.75, 3.05) is 59.6 Å². The molecule has 3 aliphatic rings. The summed E-state index contributed by atoms with van der Waals surface area (Å²) in [4.78, 5) is 49.1. The SMILES string of the molecule is COc1ccc(-n2cnnn2)cc1C(=O)N1CCC(CCN2CCC(C(=O)NN3CCOCC3C(=O)O)(c3ccccn3)CC2)(c2ccc(Cl)c(Cl)c2)C1. The lowest BCUT2D eigenvalue weighted by molar-refractivity contribution is -0.156. The Hall–Kier alpha value is -4.67. The average molecular weight is 779 g/mol. The number of amides is 2. The van der Waals surface area contributed by atoms with Gasteiger partial charge in [-0.05, 0) is 104 Å². The number of nitrogens with one attached hydrogen (secondary N) is 1. The van der Waals surface area contributed by atoms with E-state index >= 15 is 0 Å². The third kappa shape index (κ3) is 7.51. The molecule has 284 valence electrons. The van der Waals surface area contributed by atoms with Gasteiger partial charge in [-0.3, -0.25) is 24.8 Å². The Morgan fingerprint density at radius 2 is 1.85 bits per heavy atom. The van der Waals surface area contributed by atoms with Crippen LogP contribution in [0, 0.1) is 0 Å². The number of methoxy groups -OCH3 is 1. The first-order valence-electron chi connectivity index (χ1n) is 17.8. The van der Waals surface area contributed by atoms with Crippen LogP contribution in [0.15, 0.2) is 67.1 Å². The number of morpholine rings is 1. The number of carbonyl (C=O) groups is 3. The molecule has 2 N–H and O–H groups in total. The number of carbonyl (C=O) groups excluding carboxylic acids is 2. The normalized spacial score (nSPS) is 21.8. The summed E-state index contributed by atoms with van der Waals surface area (Å²) in [7, 11) is 1.53. The Kier molecular flexibility index (Phi) is 11.1. The fourth-order valence-corrected chi connectivity index (χ4v) is 8.16. The number of tetrazole rings is 1. The highest BCUT2D eigenvalue weighted by Gasteiger charge is 2.47. The van der Waals surface area contributed by atoms with Crippen molar-refractivity contribution >= 4 is 41.0 Å². The lowest BCUT2D eigenvalue weighted by Gasteiger charge is -2.43. The number of pyridine rings is 1. The number of hydrogen-bond acceptors (Lipinski definition) is 11. The second-order valence-corrected chi connectivity index (χ2v) is 14.8. The van der Waals surface area contributed by atoms with E-state index in [1.807, 2.05) is 35.2 Å². The molecule has 17 heteroatoms. The van der Waals surface area contributed by atoms with Gasteiger partial charge in [-0.25, -0.2) is 9.69 Å². The van der Waals surface area contributed by atoms with E-state index < -0.39 is 22.8 Å². The van der Waals surface area contributed by atoms with Crippen LogP contribution in [-0.2, 0) is 25.2 Å². The number of carboxylic acids is 1. The number of benzene rings is 2. The predicted octanol–water partition coefficient (Wildman–Crippen LogP) is 3.40. The minimum atomic E-state index is -1.06. The summed E-state index contributed by atoms with van der Waals surface area (Å²) in [6, 6.07) is 15.5. The molecular formula is C37H41Cl2N9O6. The molecule has 0 bridgehead atoms. The minimum Gasteiger partial charge on any atom is -0.496 e. The van der Waals surface area contributed by atoms with E-state index in [2.05, 4.69) is 30.8 Å². The highest BCUT2D eigenvalue weighted by molar-refractivity contribution is 6.42. The number of halogens is 2. The first kappa shape index (κ1) is 37.6. The minimum absolute atomic E-state index is 0.00970. The molecule has 2 aromatic carbocycles. The molecule has 3 saturated heterocycles. The van der Waals surface area contributed by atoms with Crippen molar-refractivity contribution < 1.29 is 29.0 Å². The molecule has 2 atom stereocenters. The van der Waals surface area contributed by atoms with E-state index in [1.165, 1.54) is 23.1 Å². The maximum Gasteiger partial charge on any atom is 0.325 e. The van der Waals surface area contributed by atoms with E-state index in [0.29, 0.717) is 97.8 Å². The number of ether oxygens (including phenoxy) is 2. The predicted molar refractivity (Wildman–Crippen MR) is 198 cm³/mol. The molecule has 3 fully saturated rings. The Morgan fingerprint density at radius 1 is 1.02 bits per heavy atom. The summed E-state index contributed by atoms with van der Waals surface area (Å²) in [6.07, 6.45) is 5.53. The zero-order valence-corrected chi connectivity index (χ0v) is 31.2. The number of hydrogen-bond donors (Lipinski definition) is 2. The van der Waals surface area contributed by atoms with Gasteiger partial charge < -0.3 is 24.4 Å². The standard InChI is InChI=1S/C37H41Cl2N9O6/c1-53-31-8-6-26(48-24-41-43-44-48)21-27(31)33(49)46-17-10-36(23-46,25-5-7-28(38)29(39)20-25)9-14-45-15-11-37(12-16-45,32-4-2-3-13-40-32)35(52)42-47-18-19-54-22-30(47)34(50)51/h2-8,13,20-21,24,30H,9-12,14-19,22-23H2,1H3,(H,42,52)(H,50,51). The summed E-state index contributed by atoms with van der Waals surface area (Å²) in [5, 5.41) is 23.5. The smallest absolute Gasteiger partial charge is 0.325 e. The quantitative estimate of drug-likeness (QED) is 0.228. The molecule has 3 aliphatic heterocycles. The van der Waals surface area contributed by atoms with Crippen LogP contribution >= 0.6 is 23.2 Å². The molecular weight excluding hydrogens is 737 g/mol. The number of nitrogens with zero attached hydrogens (tertiary/aromatic N) is 8. The Bertz CT molecular complexity index is 1980. The first-order valence-corrected chi connectivity index (χ1v) is 18.6. The summed E-state index contributed by atoms with van der Waals surface area (Å²) in [5.41, 5.74) is 4.24. The molecule has 4 aromatic rings. The monoisotopic (exact) mass is 777 g/mol. The van der Waals surface area contributed by atoms with Gasteiger partial charge in [0.15, 0.2) is 0 Å². The van der Waals surface area contributed by atoms with Crippen molar-refractivity contribution in [3.63, 3.8) is 0 Å². The van der Waals surface area contributed by atoms with Crippen LogP contribution in [0.5, 0.6) is 5.75 Å². The van der Waals surface area contributed by atoms with Crippen molar-refractivity contribution in [1.82, 2.24) is 45.4 Å². The van der Waals surface area contributed by atoms with E-state index in [0.717, 1.165) is 5.56 Å². The number of piperidine rings is 1. The van der Waals surface area contributed by atoms with Gasteiger partial charge >= 0.3 is 5.97 Å². The van der Waals surface area contributed by atoms with Gasteiger partial charge in [0.25, 0.3) is 5.91 Å². The second-order valence-electron chi connectivity index (χ2n) is 14.0. The first-order chi connectivity index (χ1) is 26.1. The average Bonchev–Trinajstić information content (AvgIpc) is 3.90. The largest absolute Gasteiger partial charge is 0.496 e. The van der Waals surface area contributed by atoms with Crippen molar-refractivity contribution in [1.29, 1.82) is 0 Å². The van der Waals surface area contributed by atoms with Crippen LogP contribution in [0.25, 0.3) is 5.69 Å². The molecule has 2 amide bonds. The third-order valence-electron chi connectivity index (χ3n) is 11.1. The van der Waals surface area contributed by atoms with Gasteiger partial charge in [0, 0.05) is 31.2 Å². The number of hydrazine groups is 1. The van der Waals surface area contributed by atoms with Crippen LogP contribution in [-0.4, -0.2) is 129 Å². The highest BCUT2D eigenvalue weighted by atomic mass is 35.5. The maximum absolute atomic E-state index is 14.2. The Labute approximate surface area is 322 Å². The van der Waals surface area contributed by atoms with Crippen molar-refractivity contribution in [2.45, 2.75) is 42.6 Å². The molecule has 54 heavy (non-hydrogen) atoms. The van der Waals surface area contributed by atoms with Gasteiger partial charge in [0.2, 0.25) is 5.91 Å². The number of rotatable bonds is 11. The summed E-state index contributed by atoms with van der Waals surface area (Å²) in [5.74, 6) is -1.05. The highest BCUT2D eigenvalue weighted by Crippen LogP contribution is 2.42. The molecule has 2 unspecified atom stereocenters. The number of aromatic nitrogens is 5. The molecule has 7 rings (SSSR count). The summed E-state index contributed by atoms with van der Waals surface area (Å²) >= 11 is 12.9. The van der Waals surface area contributed by atoms with E-state index in [4.69, 9.17) is 32.7 Å². The van der Waals surface area contributed by atoms with E-state index in [1.54, 1.807) is 30.5 Å². The number of likely N-dealkylation sites (tertiary alicyclic amines) is 2. The van der Waals surface area contributed by atoms with Crippen LogP contribution < -0.4 is 10.2 Å². The van der Waals surface area contributed by atoms with Gasteiger partial charge in [-0.15, -0.1) is 5.10 Å². The van der Waals surface area contributed by atoms with Crippen molar-refractivity contribution in [3.8, 4) is 11.4 Å². The Morgan fingerprint density at radius 3 is 2.56 bits per heavy atom. The van der Waals surface area contributed by atoms with Crippen molar-refractivity contribution in [3.05, 3.63) is 94.0 Å². The fourth-order valence-electron chi connectivity index (χ4n) is 7.87. The molecule has 0 spiro atoms. The maximum atomic E-state index is 14.2. The zero-order valence-electron chi connectivity index (χ0n) is 29.7. The van der Waals surface area contributed by atoms with Gasteiger partial charge in [0.1, 0.15) is 18.1 Å². The molecule has 0 radical (unpaired) electrons. The summed E-state index contributed by atoms with van der Waals surface area (Å²) < 4.78 is 12.5. The fraction of sp³-hybridized carbons (Fsp3) is 0.432. The number of aliphatic carboxylic acids is 1. The molecule has 15 nitrogen and oxygen atoms in total. The molecule has 0 saturated carbocycles. The third-order valence-corrected chi connectivity index (χ3v) is 11.8. The molecule has 0 aliphatic carbocycles. The topological polar surface area (TPSA) is 168 Å². The molecule has 5 heterocycles. The van der Waals surface area contributed by atoms with Crippen LogP contribution in [0.2, 0.25) is 10.0 Å². The lowest BCUT2D eigenvalue weighted by Crippen LogP contribution is -2.62. The van der Waals surface area contributed by atoms with E-state index in [9.17, 15) is 19.5 Å². The van der Waals surface area contributed by atoms with Crippen LogP contribution in [0.4, 0.5) is 0 Å². The molecule has 2 aromatic heterocycles.